The van der Waals surface area contributed by atoms with Crippen LogP contribution in [0.2, 0.25) is 0 Å². The van der Waals surface area contributed by atoms with Gasteiger partial charge in [0.05, 0.1) is 0 Å². The first-order chi connectivity index (χ1) is 8.34. The van der Waals surface area contributed by atoms with Crippen LogP contribution >= 0.6 is 0 Å². The second kappa shape index (κ2) is 4.47. The fraction of sp³-hybridized carbons (Fsp3) is 0.636. The van der Waals surface area contributed by atoms with E-state index in [0.29, 0.717) is 18.8 Å². The third-order valence-electron chi connectivity index (χ3n) is 3.66. The van der Waals surface area contributed by atoms with E-state index in [2.05, 4.69) is 15.3 Å². The molecule has 1 aromatic heterocycles. The first-order valence-corrected chi connectivity index (χ1v) is 7.45. The lowest BCUT2D eigenvalue weighted by molar-refractivity contribution is 0.351. The van der Waals surface area contributed by atoms with Gasteiger partial charge in [-0.05, 0) is 32.3 Å². The van der Waals surface area contributed by atoms with Crippen LogP contribution in [-0.4, -0.2) is 29.7 Å². The van der Waals surface area contributed by atoms with E-state index in [1.165, 1.54) is 0 Å². The van der Waals surface area contributed by atoms with Gasteiger partial charge in [0.25, 0.3) is 0 Å². The number of nitrogens with one attached hydrogen (secondary N) is 1. The predicted molar refractivity (Wildman–Crippen MR) is 69.7 cm³/mol. The minimum Gasteiger partial charge on any atom is -0.353 e. The molecule has 18 heavy (non-hydrogen) atoms. The lowest BCUT2D eigenvalue weighted by Crippen LogP contribution is -2.53. The number of primary sulfonamides is 1. The maximum Gasteiger partial charge on any atom is 0.222 e. The molecule has 3 N–H and O–H groups in total. The number of rotatable bonds is 4. The molecule has 1 heterocycles. The SMILES string of the molecule is Cc1cnc(NCC2(S(N)(=O)=O)CCC2)nc1C. The van der Waals surface area contributed by atoms with E-state index in [-0.39, 0.29) is 6.54 Å². The quantitative estimate of drug-likeness (QED) is 0.840. The Hall–Kier alpha value is -1.21. The van der Waals surface area contributed by atoms with Gasteiger partial charge in [0.2, 0.25) is 16.0 Å². The van der Waals surface area contributed by atoms with E-state index < -0.39 is 14.8 Å². The molecule has 0 radical (unpaired) electrons. The number of sulfonamides is 1. The second-order valence-electron chi connectivity index (χ2n) is 4.90. The highest BCUT2D eigenvalue weighted by atomic mass is 32.2. The van der Waals surface area contributed by atoms with Crippen molar-refractivity contribution in [2.45, 2.75) is 37.9 Å². The zero-order valence-electron chi connectivity index (χ0n) is 10.6. The molecular formula is C11H18N4O2S. The molecule has 0 spiro atoms. The highest BCUT2D eigenvalue weighted by Gasteiger charge is 2.47. The van der Waals surface area contributed by atoms with Crippen LogP contribution in [0.25, 0.3) is 0 Å². The Balaban J connectivity index is 2.09. The van der Waals surface area contributed by atoms with Crippen molar-refractivity contribution in [2.75, 3.05) is 11.9 Å². The first-order valence-electron chi connectivity index (χ1n) is 5.91. The lowest BCUT2D eigenvalue weighted by atomic mass is 9.84. The molecule has 1 aromatic rings. The van der Waals surface area contributed by atoms with Crippen LogP contribution in [0.4, 0.5) is 5.95 Å². The predicted octanol–water partition coefficient (Wildman–Crippen LogP) is 0.717. The van der Waals surface area contributed by atoms with Crippen molar-refractivity contribution in [1.29, 1.82) is 0 Å². The molecule has 100 valence electrons. The van der Waals surface area contributed by atoms with E-state index >= 15 is 0 Å². The Kier molecular flexibility index (Phi) is 3.29. The van der Waals surface area contributed by atoms with Crippen LogP contribution in [0.15, 0.2) is 6.20 Å². The Labute approximate surface area is 107 Å². The fourth-order valence-electron chi connectivity index (χ4n) is 1.99. The van der Waals surface area contributed by atoms with Gasteiger partial charge < -0.3 is 5.32 Å². The molecule has 0 atom stereocenters. The summed E-state index contributed by atoms with van der Waals surface area (Å²) >= 11 is 0. The maximum absolute atomic E-state index is 11.6. The summed E-state index contributed by atoms with van der Waals surface area (Å²) in [6, 6.07) is 0. The Bertz CT molecular complexity index is 552. The Morgan fingerprint density at radius 1 is 1.44 bits per heavy atom. The van der Waals surface area contributed by atoms with Crippen molar-refractivity contribution in [1.82, 2.24) is 9.97 Å². The van der Waals surface area contributed by atoms with Gasteiger partial charge in [0, 0.05) is 18.4 Å². The van der Waals surface area contributed by atoms with E-state index in [9.17, 15) is 8.42 Å². The molecule has 0 amide bonds. The average molecular weight is 270 g/mol. The monoisotopic (exact) mass is 270 g/mol. The molecule has 2 rings (SSSR count). The number of aryl methyl sites for hydroxylation is 2. The van der Waals surface area contributed by atoms with E-state index in [1.807, 2.05) is 13.8 Å². The molecule has 1 aliphatic rings. The second-order valence-corrected chi connectivity index (χ2v) is 6.85. The maximum atomic E-state index is 11.6. The summed E-state index contributed by atoms with van der Waals surface area (Å²) in [6.07, 6.45) is 3.81. The fourth-order valence-corrected chi connectivity index (χ4v) is 3.12. The number of anilines is 1. The number of hydrogen-bond donors (Lipinski definition) is 2. The van der Waals surface area contributed by atoms with Gasteiger partial charge in [0.1, 0.15) is 4.75 Å². The summed E-state index contributed by atoms with van der Waals surface area (Å²) in [5, 5.41) is 8.27. The molecule has 0 bridgehead atoms. The van der Waals surface area contributed by atoms with Gasteiger partial charge in [0.15, 0.2) is 0 Å². The molecule has 1 fully saturated rings. The molecule has 0 unspecified atom stereocenters. The van der Waals surface area contributed by atoms with Crippen LogP contribution in [0.5, 0.6) is 0 Å². The summed E-state index contributed by atoms with van der Waals surface area (Å²) in [7, 11) is -3.53. The zero-order chi connectivity index (χ0) is 13.4. The average Bonchev–Trinajstić information content (AvgIpc) is 2.19. The summed E-state index contributed by atoms with van der Waals surface area (Å²) in [6.45, 7) is 4.09. The van der Waals surface area contributed by atoms with Crippen molar-refractivity contribution in [3.05, 3.63) is 17.5 Å². The van der Waals surface area contributed by atoms with Gasteiger partial charge in [-0.2, -0.15) is 0 Å². The highest BCUT2D eigenvalue weighted by Crippen LogP contribution is 2.37. The van der Waals surface area contributed by atoms with Crippen molar-refractivity contribution >= 4 is 16.0 Å². The van der Waals surface area contributed by atoms with Gasteiger partial charge in [-0.15, -0.1) is 0 Å². The molecule has 0 aliphatic heterocycles. The zero-order valence-corrected chi connectivity index (χ0v) is 11.4. The van der Waals surface area contributed by atoms with Crippen LogP contribution in [-0.2, 0) is 10.0 Å². The Morgan fingerprint density at radius 3 is 2.56 bits per heavy atom. The number of hydrogen-bond acceptors (Lipinski definition) is 5. The van der Waals surface area contributed by atoms with Gasteiger partial charge >= 0.3 is 0 Å². The van der Waals surface area contributed by atoms with E-state index in [0.717, 1.165) is 17.7 Å². The summed E-state index contributed by atoms with van der Waals surface area (Å²) in [5.41, 5.74) is 1.89. The summed E-state index contributed by atoms with van der Waals surface area (Å²) in [5.74, 6) is 0.452. The molecule has 1 aliphatic carbocycles. The molecule has 6 nitrogen and oxygen atoms in total. The van der Waals surface area contributed by atoms with Crippen LogP contribution in [0.1, 0.15) is 30.5 Å². The Morgan fingerprint density at radius 2 is 2.11 bits per heavy atom. The number of nitrogens with two attached hydrogens (primary N) is 1. The van der Waals surface area contributed by atoms with Crippen molar-refractivity contribution in [3.63, 3.8) is 0 Å². The van der Waals surface area contributed by atoms with Crippen LogP contribution < -0.4 is 10.5 Å². The van der Waals surface area contributed by atoms with Crippen LogP contribution in [0, 0.1) is 13.8 Å². The van der Waals surface area contributed by atoms with E-state index in [4.69, 9.17) is 5.14 Å². The largest absolute Gasteiger partial charge is 0.353 e. The normalized spacial score (nSPS) is 18.2. The van der Waals surface area contributed by atoms with Gasteiger partial charge in [-0.25, -0.2) is 23.5 Å². The summed E-state index contributed by atoms with van der Waals surface area (Å²) < 4.78 is 22.3. The smallest absolute Gasteiger partial charge is 0.222 e. The molecule has 7 heteroatoms. The number of nitrogens with zero attached hydrogens (tertiary/aromatic N) is 2. The van der Waals surface area contributed by atoms with Crippen molar-refractivity contribution < 1.29 is 8.42 Å². The molecule has 0 aromatic carbocycles. The molecule has 1 saturated carbocycles. The van der Waals surface area contributed by atoms with Crippen LogP contribution in [0.3, 0.4) is 0 Å². The van der Waals surface area contributed by atoms with Crippen molar-refractivity contribution in [2.24, 2.45) is 5.14 Å². The lowest BCUT2D eigenvalue weighted by Gasteiger charge is -2.39. The number of aromatic nitrogens is 2. The van der Waals surface area contributed by atoms with Gasteiger partial charge in [-0.1, -0.05) is 6.42 Å². The highest BCUT2D eigenvalue weighted by molar-refractivity contribution is 7.90. The van der Waals surface area contributed by atoms with E-state index in [1.54, 1.807) is 6.20 Å². The van der Waals surface area contributed by atoms with Crippen molar-refractivity contribution in [3.8, 4) is 0 Å². The minimum atomic E-state index is -3.53. The third-order valence-corrected chi connectivity index (χ3v) is 5.42. The standard InChI is InChI=1S/C11H18N4O2S/c1-8-6-13-10(15-9(8)2)14-7-11(4-3-5-11)18(12,16)17/h6H,3-5,7H2,1-2H3,(H2,12,16,17)(H,13,14,15). The minimum absolute atomic E-state index is 0.272. The summed E-state index contributed by atoms with van der Waals surface area (Å²) in [4.78, 5) is 8.38. The third kappa shape index (κ3) is 2.32. The molecular weight excluding hydrogens is 252 g/mol. The first kappa shape index (κ1) is 13.2. The van der Waals surface area contributed by atoms with Gasteiger partial charge in [-0.3, -0.25) is 0 Å². The topological polar surface area (TPSA) is 98.0 Å². The molecule has 0 saturated heterocycles.